The molecular weight excluding hydrogens is 164 g/mol. The molecule has 0 bridgehead atoms. The molecule has 0 spiro atoms. The van der Waals surface area contributed by atoms with E-state index in [2.05, 4.69) is 6.92 Å². The van der Waals surface area contributed by atoms with Crippen LogP contribution < -0.4 is 0 Å². The minimum Gasteiger partial charge on any atom is -0.461 e. The quantitative estimate of drug-likeness (QED) is 0.477. The second-order valence-corrected chi connectivity index (χ2v) is 2.84. The lowest BCUT2D eigenvalue weighted by atomic mass is 10.2. The van der Waals surface area contributed by atoms with Gasteiger partial charge in [0.1, 0.15) is 6.10 Å². The van der Waals surface area contributed by atoms with Gasteiger partial charge >= 0.3 is 5.97 Å². The van der Waals surface area contributed by atoms with Crippen LogP contribution in [0.15, 0.2) is 0 Å². The van der Waals surface area contributed by atoms with Crippen molar-refractivity contribution in [2.45, 2.75) is 39.2 Å². The highest BCUT2D eigenvalue weighted by atomic mass is 35.5. The first-order valence-corrected chi connectivity index (χ1v) is 4.47. The molecule has 0 aliphatic rings. The number of hydrogen-bond acceptors (Lipinski definition) is 2. The molecule has 0 aromatic rings. The van der Waals surface area contributed by atoms with Gasteiger partial charge < -0.3 is 4.74 Å². The average Bonchev–Trinajstić information content (AvgIpc) is 1.97. The minimum atomic E-state index is -0.244. The van der Waals surface area contributed by atoms with E-state index in [4.69, 9.17) is 16.3 Å². The minimum absolute atomic E-state index is 0.0888. The van der Waals surface area contributed by atoms with Gasteiger partial charge in [0.2, 0.25) is 0 Å². The molecule has 2 nitrogen and oxygen atoms in total. The van der Waals surface area contributed by atoms with Crippen molar-refractivity contribution in [1.82, 2.24) is 0 Å². The number of alkyl halides is 1. The highest BCUT2D eigenvalue weighted by Gasteiger charge is 2.08. The molecule has 0 radical (unpaired) electrons. The van der Waals surface area contributed by atoms with Crippen LogP contribution in [-0.2, 0) is 9.53 Å². The molecular formula is C8H15ClO2. The fourth-order valence-corrected chi connectivity index (χ4v) is 1.05. The summed E-state index contributed by atoms with van der Waals surface area (Å²) in [6, 6.07) is 0. The smallest absolute Gasteiger partial charge is 0.302 e. The van der Waals surface area contributed by atoms with Crippen LogP contribution in [0.4, 0.5) is 0 Å². The number of hydrogen-bond donors (Lipinski definition) is 0. The van der Waals surface area contributed by atoms with Crippen molar-refractivity contribution >= 4 is 17.6 Å². The van der Waals surface area contributed by atoms with Crippen molar-refractivity contribution in [3.8, 4) is 0 Å². The average molecular weight is 179 g/mol. The van der Waals surface area contributed by atoms with E-state index in [0.717, 1.165) is 19.3 Å². The molecule has 0 amide bonds. The number of ether oxygens (including phenoxy) is 1. The number of unbranched alkanes of at least 4 members (excludes halogenated alkanes) is 1. The van der Waals surface area contributed by atoms with Crippen LogP contribution in [0, 0.1) is 0 Å². The number of halogens is 1. The molecule has 66 valence electrons. The normalized spacial score (nSPS) is 12.6. The molecule has 0 rings (SSSR count). The predicted molar refractivity (Wildman–Crippen MR) is 45.8 cm³/mol. The lowest BCUT2D eigenvalue weighted by Crippen LogP contribution is -2.17. The van der Waals surface area contributed by atoms with Crippen LogP contribution in [0.2, 0.25) is 0 Å². The first-order chi connectivity index (χ1) is 5.20. The van der Waals surface area contributed by atoms with Crippen LogP contribution in [0.1, 0.15) is 33.1 Å². The molecule has 11 heavy (non-hydrogen) atoms. The third-order valence-corrected chi connectivity index (χ3v) is 1.73. The fraction of sp³-hybridized carbons (Fsp3) is 0.875. The Morgan fingerprint density at radius 2 is 2.27 bits per heavy atom. The zero-order chi connectivity index (χ0) is 8.69. The van der Waals surface area contributed by atoms with E-state index in [-0.39, 0.29) is 12.1 Å². The number of carbonyl (C=O) groups is 1. The van der Waals surface area contributed by atoms with Gasteiger partial charge in [-0.05, 0) is 6.42 Å². The number of rotatable bonds is 5. The number of carbonyl (C=O) groups excluding carboxylic acids is 1. The summed E-state index contributed by atoms with van der Waals surface area (Å²) < 4.78 is 4.93. The van der Waals surface area contributed by atoms with E-state index in [0.29, 0.717) is 5.88 Å². The molecule has 0 aromatic heterocycles. The Bertz CT molecular complexity index is 115. The predicted octanol–water partition coefficient (Wildman–Crippen LogP) is 2.35. The van der Waals surface area contributed by atoms with Crippen molar-refractivity contribution < 1.29 is 9.53 Å². The van der Waals surface area contributed by atoms with E-state index in [1.165, 1.54) is 6.92 Å². The van der Waals surface area contributed by atoms with Crippen LogP contribution in [0.3, 0.4) is 0 Å². The van der Waals surface area contributed by atoms with E-state index in [1.54, 1.807) is 0 Å². The Labute approximate surface area is 72.9 Å². The van der Waals surface area contributed by atoms with Crippen LogP contribution in [0.25, 0.3) is 0 Å². The van der Waals surface area contributed by atoms with E-state index in [9.17, 15) is 4.79 Å². The van der Waals surface area contributed by atoms with E-state index < -0.39 is 0 Å². The maximum atomic E-state index is 10.5. The summed E-state index contributed by atoms with van der Waals surface area (Å²) in [5.41, 5.74) is 0. The Kier molecular flexibility index (Phi) is 6.33. The molecule has 1 atom stereocenters. The van der Waals surface area contributed by atoms with Gasteiger partial charge in [0, 0.05) is 6.92 Å². The van der Waals surface area contributed by atoms with Gasteiger partial charge in [0.25, 0.3) is 0 Å². The maximum Gasteiger partial charge on any atom is 0.302 e. The summed E-state index contributed by atoms with van der Waals surface area (Å²) in [4.78, 5) is 10.5. The van der Waals surface area contributed by atoms with Crippen molar-refractivity contribution in [2.75, 3.05) is 5.88 Å². The molecule has 0 unspecified atom stereocenters. The second kappa shape index (κ2) is 6.47. The van der Waals surface area contributed by atoms with Crippen molar-refractivity contribution in [2.24, 2.45) is 0 Å². The Balaban J connectivity index is 3.49. The first-order valence-electron chi connectivity index (χ1n) is 3.93. The van der Waals surface area contributed by atoms with Gasteiger partial charge in [-0.15, -0.1) is 11.6 Å². The molecule has 0 N–H and O–H groups in total. The van der Waals surface area contributed by atoms with Gasteiger partial charge in [-0.25, -0.2) is 0 Å². The van der Waals surface area contributed by atoms with E-state index >= 15 is 0 Å². The number of esters is 1. The molecule has 0 aliphatic heterocycles. The Morgan fingerprint density at radius 3 is 2.64 bits per heavy atom. The van der Waals surface area contributed by atoms with Gasteiger partial charge in [0.15, 0.2) is 0 Å². The first kappa shape index (κ1) is 10.8. The van der Waals surface area contributed by atoms with Gasteiger partial charge in [-0.2, -0.15) is 0 Å². The second-order valence-electron chi connectivity index (χ2n) is 2.53. The zero-order valence-corrected chi connectivity index (χ0v) is 7.86. The van der Waals surface area contributed by atoms with Crippen LogP contribution in [-0.4, -0.2) is 18.0 Å². The van der Waals surface area contributed by atoms with Gasteiger partial charge in [-0.1, -0.05) is 19.8 Å². The molecule has 0 saturated heterocycles. The van der Waals surface area contributed by atoms with Gasteiger partial charge in [-0.3, -0.25) is 4.79 Å². The topological polar surface area (TPSA) is 26.3 Å². The molecule has 0 saturated carbocycles. The summed E-state index contributed by atoms with van der Waals surface area (Å²) in [5, 5.41) is 0. The Morgan fingerprint density at radius 1 is 1.64 bits per heavy atom. The van der Waals surface area contributed by atoms with Crippen molar-refractivity contribution in [3.63, 3.8) is 0 Å². The molecule has 0 fully saturated rings. The van der Waals surface area contributed by atoms with Crippen molar-refractivity contribution in [1.29, 1.82) is 0 Å². The zero-order valence-electron chi connectivity index (χ0n) is 7.10. The highest BCUT2D eigenvalue weighted by molar-refractivity contribution is 6.18. The lowest BCUT2D eigenvalue weighted by Gasteiger charge is -2.12. The third kappa shape index (κ3) is 6.17. The third-order valence-electron chi connectivity index (χ3n) is 1.38. The SMILES string of the molecule is CCCC[C@H](CCl)OC(C)=O. The fourth-order valence-electron chi connectivity index (χ4n) is 0.834. The van der Waals surface area contributed by atoms with E-state index in [1.807, 2.05) is 0 Å². The van der Waals surface area contributed by atoms with Crippen LogP contribution >= 0.6 is 11.6 Å². The van der Waals surface area contributed by atoms with Gasteiger partial charge in [0.05, 0.1) is 5.88 Å². The standard InChI is InChI=1S/C8H15ClO2/c1-3-4-5-8(6-9)11-7(2)10/h8H,3-6H2,1-2H3/t8-/m1/s1. The summed E-state index contributed by atoms with van der Waals surface area (Å²) in [6.45, 7) is 3.50. The maximum absolute atomic E-state index is 10.5. The lowest BCUT2D eigenvalue weighted by molar-refractivity contribution is -0.145. The van der Waals surface area contributed by atoms with Crippen molar-refractivity contribution in [3.05, 3.63) is 0 Å². The summed E-state index contributed by atoms with van der Waals surface area (Å²) >= 11 is 5.57. The molecule has 0 heterocycles. The summed E-state index contributed by atoms with van der Waals surface area (Å²) in [7, 11) is 0. The monoisotopic (exact) mass is 178 g/mol. The largest absolute Gasteiger partial charge is 0.461 e. The molecule has 0 aliphatic carbocycles. The molecule has 3 heteroatoms. The summed E-state index contributed by atoms with van der Waals surface area (Å²) in [5.74, 6) is 0.159. The Hall–Kier alpha value is -0.240. The molecule has 0 aromatic carbocycles. The van der Waals surface area contributed by atoms with Crippen LogP contribution in [0.5, 0.6) is 0 Å². The summed E-state index contributed by atoms with van der Waals surface area (Å²) in [6.07, 6.45) is 2.95. The highest BCUT2D eigenvalue weighted by Crippen LogP contribution is 2.06.